The highest BCUT2D eigenvalue weighted by Crippen LogP contribution is 2.32. The third-order valence-corrected chi connectivity index (χ3v) is 5.40. The Morgan fingerprint density at radius 1 is 0.889 bits per heavy atom. The normalized spacial score (nSPS) is 11.4. The highest BCUT2D eigenvalue weighted by molar-refractivity contribution is 5.86. The largest absolute Gasteiger partial charge is 0.573 e. The molecule has 0 unspecified atom stereocenters. The van der Waals surface area contributed by atoms with E-state index in [1.54, 1.807) is 13.0 Å². The van der Waals surface area contributed by atoms with Gasteiger partial charge in [-0.05, 0) is 79.7 Å². The fourth-order valence-corrected chi connectivity index (χ4v) is 3.85. The molecule has 9 heteroatoms. The monoisotopic (exact) mass is 498 g/mol. The van der Waals surface area contributed by atoms with Crippen LogP contribution in [0.15, 0.2) is 72.8 Å². The smallest absolute Gasteiger partial charge is 0.466 e. The predicted molar refractivity (Wildman–Crippen MR) is 131 cm³/mol. The quantitative estimate of drug-likeness (QED) is 0.260. The van der Waals surface area contributed by atoms with Crippen LogP contribution in [0.25, 0.3) is 16.6 Å². The summed E-state index contributed by atoms with van der Waals surface area (Å²) in [5.41, 5.74) is 3.56. The Kier molecular flexibility index (Phi) is 7.10. The molecule has 1 heterocycles. The van der Waals surface area contributed by atoms with E-state index < -0.39 is 6.36 Å². The number of benzene rings is 3. The Labute approximate surface area is 206 Å². The summed E-state index contributed by atoms with van der Waals surface area (Å²) < 4.78 is 54.1. The van der Waals surface area contributed by atoms with Crippen LogP contribution in [0.5, 0.6) is 17.2 Å². The third-order valence-electron chi connectivity index (χ3n) is 5.40. The van der Waals surface area contributed by atoms with Crippen LogP contribution in [-0.4, -0.2) is 37.6 Å². The zero-order chi connectivity index (χ0) is 25.9. The van der Waals surface area contributed by atoms with E-state index >= 15 is 0 Å². The molecule has 4 rings (SSSR count). The van der Waals surface area contributed by atoms with Crippen molar-refractivity contribution in [3.63, 3.8) is 0 Å². The molecule has 0 aliphatic heterocycles. The molecule has 36 heavy (non-hydrogen) atoms. The maximum atomic E-state index is 12.4. The molecule has 0 amide bonds. The first-order valence-corrected chi connectivity index (χ1v) is 11.2. The molecule has 188 valence electrons. The third kappa shape index (κ3) is 5.91. The molecule has 0 atom stereocenters. The fourth-order valence-electron chi connectivity index (χ4n) is 3.85. The van der Waals surface area contributed by atoms with Gasteiger partial charge in [-0.2, -0.15) is 0 Å². The van der Waals surface area contributed by atoms with E-state index in [4.69, 9.17) is 9.47 Å². The second-order valence-corrected chi connectivity index (χ2v) is 8.21. The average molecular weight is 499 g/mol. The number of fused-ring (bicyclic) bond motifs is 1. The Balaban J connectivity index is 1.66. The number of anilines is 1. The van der Waals surface area contributed by atoms with Gasteiger partial charge in [0.05, 0.1) is 18.5 Å². The van der Waals surface area contributed by atoms with Gasteiger partial charge in [0, 0.05) is 36.6 Å². The van der Waals surface area contributed by atoms with E-state index in [1.165, 1.54) is 24.3 Å². The van der Waals surface area contributed by atoms with Crippen LogP contribution < -0.4 is 14.4 Å². The van der Waals surface area contributed by atoms with Crippen molar-refractivity contribution >= 4 is 22.6 Å². The Morgan fingerprint density at radius 3 is 2.14 bits per heavy atom. The molecule has 0 radical (unpaired) electrons. The van der Waals surface area contributed by atoms with Crippen molar-refractivity contribution in [1.29, 1.82) is 0 Å². The van der Waals surface area contributed by atoms with E-state index in [-0.39, 0.29) is 18.1 Å². The minimum atomic E-state index is -4.76. The van der Waals surface area contributed by atoms with E-state index in [1.807, 2.05) is 66.0 Å². The second-order valence-electron chi connectivity index (χ2n) is 8.21. The van der Waals surface area contributed by atoms with Crippen molar-refractivity contribution in [2.75, 3.05) is 25.6 Å². The van der Waals surface area contributed by atoms with Gasteiger partial charge in [0.15, 0.2) is 0 Å². The molecular weight excluding hydrogens is 473 g/mol. The molecule has 0 aliphatic carbocycles. The number of ether oxygens (including phenoxy) is 3. The minimum Gasteiger partial charge on any atom is -0.466 e. The van der Waals surface area contributed by atoms with Crippen LogP contribution in [0.4, 0.5) is 18.9 Å². The molecule has 0 bridgehead atoms. The van der Waals surface area contributed by atoms with Crippen molar-refractivity contribution in [2.45, 2.75) is 19.7 Å². The number of carbonyl (C=O) groups is 1. The number of aromatic nitrogens is 1. The molecule has 3 aromatic carbocycles. The molecular formula is C27H25F3N2O4. The summed E-state index contributed by atoms with van der Waals surface area (Å²) in [5, 5.41) is 0.834. The Morgan fingerprint density at radius 2 is 1.53 bits per heavy atom. The zero-order valence-electron chi connectivity index (χ0n) is 20.0. The molecule has 0 aliphatic rings. The first-order chi connectivity index (χ1) is 17.1. The molecule has 0 spiro atoms. The van der Waals surface area contributed by atoms with Crippen molar-refractivity contribution in [3.05, 3.63) is 78.5 Å². The molecule has 6 nitrogen and oxygen atoms in total. The van der Waals surface area contributed by atoms with Gasteiger partial charge in [-0.3, -0.25) is 4.79 Å². The predicted octanol–water partition coefficient (Wildman–Crippen LogP) is 6.49. The van der Waals surface area contributed by atoms with Crippen LogP contribution in [0.1, 0.15) is 12.6 Å². The summed E-state index contributed by atoms with van der Waals surface area (Å²) in [6, 6.07) is 20.5. The highest BCUT2D eigenvalue weighted by atomic mass is 19.4. The lowest BCUT2D eigenvalue weighted by molar-refractivity contribution is -0.274. The number of esters is 1. The summed E-state index contributed by atoms with van der Waals surface area (Å²) in [5.74, 6) is 0.194. The standard InChI is InChI=1S/C27H25F3N2O4/c1-4-34-26(33)17-21-15-18-16-24(35-22-9-11-23(12-10-22)36-27(28,29)30)13-14-25(18)32(21)20-7-5-19(6-8-20)31(2)3/h5-16H,4,17H2,1-3H3. The van der Waals surface area contributed by atoms with Crippen molar-refractivity contribution in [1.82, 2.24) is 4.57 Å². The summed E-state index contributed by atoms with van der Waals surface area (Å²) in [6.45, 7) is 2.06. The number of hydrogen-bond acceptors (Lipinski definition) is 5. The summed E-state index contributed by atoms with van der Waals surface area (Å²) in [6.07, 6.45) is -4.66. The lowest BCUT2D eigenvalue weighted by Gasteiger charge is -2.15. The van der Waals surface area contributed by atoms with Crippen LogP contribution in [-0.2, 0) is 16.0 Å². The van der Waals surface area contributed by atoms with Crippen LogP contribution in [0.3, 0.4) is 0 Å². The number of nitrogens with zero attached hydrogens (tertiary/aromatic N) is 2. The second kappa shape index (κ2) is 10.2. The molecule has 4 aromatic rings. The Hall–Kier alpha value is -4.14. The van der Waals surface area contributed by atoms with Gasteiger partial charge >= 0.3 is 12.3 Å². The van der Waals surface area contributed by atoms with E-state index in [9.17, 15) is 18.0 Å². The zero-order valence-corrected chi connectivity index (χ0v) is 20.0. The van der Waals surface area contributed by atoms with Crippen molar-refractivity contribution < 1.29 is 32.2 Å². The summed E-state index contributed by atoms with van der Waals surface area (Å²) in [7, 11) is 3.93. The summed E-state index contributed by atoms with van der Waals surface area (Å²) in [4.78, 5) is 14.3. The summed E-state index contributed by atoms with van der Waals surface area (Å²) >= 11 is 0. The van der Waals surface area contributed by atoms with Gasteiger partial charge in [0.2, 0.25) is 0 Å². The number of alkyl halides is 3. The lowest BCUT2D eigenvalue weighted by Crippen LogP contribution is -2.16. The molecule has 0 saturated carbocycles. The van der Waals surface area contributed by atoms with Gasteiger partial charge in [-0.15, -0.1) is 13.2 Å². The number of halogens is 3. The average Bonchev–Trinajstić information content (AvgIpc) is 3.16. The van der Waals surface area contributed by atoms with Gasteiger partial charge in [-0.25, -0.2) is 0 Å². The maximum absolute atomic E-state index is 12.4. The topological polar surface area (TPSA) is 52.9 Å². The first kappa shape index (κ1) is 25.0. The minimum absolute atomic E-state index is 0.0921. The molecule has 0 N–H and O–H groups in total. The van der Waals surface area contributed by atoms with Crippen molar-refractivity contribution in [3.8, 4) is 22.9 Å². The number of rotatable bonds is 8. The molecule has 0 fully saturated rings. The van der Waals surface area contributed by atoms with Gasteiger partial charge in [0.25, 0.3) is 0 Å². The highest BCUT2D eigenvalue weighted by Gasteiger charge is 2.31. The molecule has 1 aromatic heterocycles. The van der Waals surface area contributed by atoms with Crippen molar-refractivity contribution in [2.24, 2.45) is 0 Å². The van der Waals surface area contributed by atoms with Gasteiger partial charge < -0.3 is 23.7 Å². The number of hydrogen-bond donors (Lipinski definition) is 0. The van der Waals surface area contributed by atoms with Gasteiger partial charge in [0.1, 0.15) is 17.2 Å². The SMILES string of the molecule is CCOC(=O)Cc1cc2cc(Oc3ccc(OC(F)(F)F)cc3)ccc2n1-c1ccc(N(C)C)cc1. The Bertz CT molecular complexity index is 1340. The van der Waals surface area contributed by atoms with E-state index in [0.29, 0.717) is 18.1 Å². The van der Waals surface area contributed by atoms with Crippen LogP contribution in [0.2, 0.25) is 0 Å². The number of carbonyl (C=O) groups excluding carboxylic acids is 1. The van der Waals surface area contributed by atoms with Crippen LogP contribution >= 0.6 is 0 Å². The molecule has 0 saturated heterocycles. The van der Waals surface area contributed by atoms with Crippen LogP contribution in [0, 0.1) is 0 Å². The van der Waals surface area contributed by atoms with E-state index in [0.717, 1.165) is 28.0 Å². The van der Waals surface area contributed by atoms with Gasteiger partial charge in [-0.1, -0.05) is 0 Å². The lowest BCUT2D eigenvalue weighted by atomic mass is 10.2. The first-order valence-electron chi connectivity index (χ1n) is 11.2. The maximum Gasteiger partial charge on any atom is 0.573 e. The fraction of sp³-hybridized carbons (Fsp3) is 0.222. The van der Waals surface area contributed by atoms with E-state index in [2.05, 4.69) is 4.74 Å².